The molecule has 0 spiro atoms. The van der Waals surface area contributed by atoms with E-state index in [9.17, 15) is 83.1 Å². The van der Waals surface area contributed by atoms with Gasteiger partial charge in [-0.05, 0) is 55.7 Å². The number of carbonyl (C=O) groups excluding carboxylic acids is 11. The van der Waals surface area contributed by atoms with Crippen LogP contribution in [0.4, 0.5) is 4.39 Å². The van der Waals surface area contributed by atoms with E-state index in [1.807, 2.05) is 0 Å². The first-order chi connectivity index (χ1) is 46.4. The molecule has 10 amide bonds. The van der Waals surface area contributed by atoms with Crippen LogP contribution in [-0.2, 0) is 98.5 Å². The summed E-state index contributed by atoms with van der Waals surface area (Å²) in [7, 11) is 1.33. The lowest BCUT2D eigenvalue weighted by molar-refractivity contribution is -0.227. The third-order valence-electron chi connectivity index (χ3n) is 17.4. The van der Waals surface area contributed by atoms with Crippen molar-refractivity contribution in [1.29, 1.82) is 0 Å². The molecule has 6 heterocycles. The molecule has 2 aromatic heterocycles. The predicted octanol–water partition coefficient (Wildman–Crippen LogP) is -3.79. The van der Waals surface area contributed by atoms with E-state index >= 15 is 4.39 Å². The number of nitrogens with one attached hydrogen (secondary N) is 8. The standard InChI is InChI=1S/C64H76FN11O21/c1-3-64(93)36-21-42-55-34(27-76(42)62(91)35(36)29-96-63(64)92)54-38(14-13-33-53(54)40(74-55)22-37(65)59(33)94-2)71-50(83)30-95-31-70-48(81)25-69-61(90)41(20-32-10-6-4-7-11-32)73-49(82)26-67-47(80)24-68-60(89)39(72-46(79)12-8-5-9-19-75-51(84)17-18-52(75)85)15-16-45(78)66-23-43-56(86)58(88)57(87)44(28-77)97-43/h4,6-7,10-11,17-18,21-22,38-39,41,43-44,56-58,77,86-88,93H,3,5,8-9,12-16,19-20,23-31H2,1-2H3,(H,66,78)(H,67,80)(H,68,89)(H,69,90)(H,70,81)(H,71,83)(H,72,79)(H,73,82)/t38-,39?,41-,43-,44+,56-,57+,58+,64-/m0/s1. The van der Waals surface area contributed by atoms with Gasteiger partial charge in [-0.25, -0.2) is 14.2 Å². The number of halogens is 1. The van der Waals surface area contributed by atoms with Gasteiger partial charge in [0.05, 0.1) is 68.4 Å². The third-order valence-corrected chi connectivity index (χ3v) is 17.4. The number of cyclic esters (lactones) is 1. The second kappa shape index (κ2) is 31.9. The Balaban J connectivity index is 0.745. The Morgan fingerprint density at radius 2 is 1.44 bits per heavy atom. The second-order valence-corrected chi connectivity index (χ2v) is 23.8. The fraction of sp³-hybridized carbons (Fsp3) is 0.484. The molecule has 1 unspecified atom stereocenters. The summed E-state index contributed by atoms with van der Waals surface area (Å²) in [5, 5.41) is 72.1. The van der Waals surface area contributed by atoms with Gasteiger partial charge in [0.15, 0.2) is 17.2 Å². The van der Waals surface area contributed by atoms with Gasteiger partial charge in [-0.1, -0.05) is 43.7 Å². The molecule has 9 rings (SSSR count). The second-order valence-electron chi connectivity index (χ2n) is 23.8. The molecule has 0 bridgehead atoms. The van der Waals surface area contributed by atoms with Crippen LogP contribution in [-0.4, -0.2) is 207 Å². The van der Waals surface area contributed by atoms with Crippen molar-refractivity contribution in [3.8, 4) is 17.1 Å². The van der Waals surface area contributed by atoms with Crippen molar-refractivity contribution in [2.45, 2.75) is 139 Å². The van der Waals surface area contributed by atoms with Gasteiger partial charge in [-0.3, -0.25) is 57.6 Å². The lowest BCUT2D eigenvalue weighted by atomic mass is 9.82. The van der Waals surface area contributed by atoms with Crippen LogP contribution in [0.15, 0.2) is 59.4 Å². The van der Waals surface area contributed by atoms with E-state index in [1.54, 1.807) is 37.3 Å². The number of fused-ring (bicyclic) bond motifs is 5. The van der Waals surface area contributed by atoms with Gasteiger partial charge < -0.3 is 91.6 Å². The van der Waals surface area contributed by atoms with Gasteiger partial charge in [0.1, 0.15) is 62.5 Å². The van der Waals surface area contributed by atoms with Crippen molar-refractivity contribution < 1.29 is 102 Å². The van der Waals surface area contributed by atoms with Crippen LogP contribution < -0.4 is 52.8 Å². The number of hydrogen-bond donors (Lipinski definition) is 13. The van der Waals surface area contributed by atoms with E-state index in [0.717, 1.165) is 17.1 Å². The van der Waals surface area contributed by atoms with Gasteiger partial charge in [0.25, 0.3) is 17.4 Å². The first-order valence-electron chi connectivity index (χ1n) is 31.5. The number of benzene rings is 2. The minimum Gasteiger partial charge on any atom is -0.493 e. The molecule has 1 aliphatic carbocycles. The van der Waals surface area contributed by atoms with E-state index in [1.165, 1.54) is 23.8 Å². The highest BCUT2D eigenvalue weighted by atomic mass is 19.1. The number of hydrogen-bond acceptors (Lipinski definition) is 22. The molecule has 13 N–H and O–H groups in total. The van der Waals surface area contributed by atoms with Gasteiger partial charge in [0.2, 0.25) is 47.3 Å². The van der Waals surface area contributed by atoms with Crippen LogP contribution in [0.3, 0.4) is 0 Å². The number of carbonyl (C=O) groups is 11. The number of amides is 10. The van der Waals surface area contributed by atoms with Gasteiger partial charge in [-0.15, -0.1) is 0 Å². The number of esters is 1. The van der Waals surface area contributed by atoms with Crippen LogP contribution in [0, 0.1) is 5.82 Å². The summed E-state index contributed by atoms with van der Waals surface area (Å²) >= 11 is 0. The summed E-state index contributed by atoms with van der Waals surface area (Å²) < 4.78 is 38.6. The van der Waals surface area contributed by atoms with Gasteiger partial charge in [0, 0.05) is 72.6 Å². The number of imide groups is 1. The monoisotopic (exact) mass is 1350 g/mol. The average Bonchev–Trinajstić information content (AvgIpc) is 1.60. The number of aryl methyl sites for hydroxylation is 1. The Morgan fingerprint density at radius 1 is 0.763 bits per heavy atom. The summed E-state index contributed by atoms with van der Waals surface area (Å²) in [5.41, 5.74) is 0.519. The third kappa shape index (κ3) is 16.6. The predicted molar refractivity (Wildman–Crippen MR) is 333 cm³/mol. The zero-order chi connectivity index (χ0) is 69.8. The lowest BCUT2D eigenvalue weighted by Gasteiger charge is -2.40. The highest BCUT2D eigenvalue weighted by molar-refractivity contribution is 6.13. The Bertz CT molecular complexity index is 3810. The molecule has 1 fully saturated rings. The smallest absolute Gasteiger partial charge is 0.343 e. The van der Waals surface area contributed by atoms with Crippen molar-refractivity contribution in [3.63, 3.8) is 0 Å². The molecule has 2 aromatic carbocycles. The number of unbranched alkanes of at least 4 members (excludes halogenated alkanes) is 2. The maximum atomic E-state index is 15.6. The number of nitrogens with zero attached hydrogens (tertiary/aromatic N) is 3. The largest absolute Gasteiger partial charge is 0.493 e. The van der Waals surface area contributed by atoms with E-state index in [2.05, 4.69) is 42.5 Å². The topological polar surface area (TPSA) is 460 Å². The van der Waals surface area contributed by atoms with Gasteiger partial charge >= 0.3 is 5.97 Å². The minimum atomic E-state index is -2.10. The van der Waals surface area contributed by atoms with Crippen molar-refractivity contribution >= 4 is 75.9 Å². The zero-order valence-corrected chi connectivity index (χ0v) is 52.9. The normalized spacial score (nSPS) is 21.1. The van der Waals surface area contributed by atoms with Crippen LogP contribution in [0.2, 0.25) is 0 Å². The maximum absolute atomic E-state index is 15.6. The van der Waals surface area contributed by atoms with E-state index < -0.39 is 177 Å². The van der Waals surface area contributed by atoms with Crippen LogP contribution >= 0.6 is 0 Å². The SMILES string of the molecule is CC[C@@]1(O)C(=O)OCc2c1cc1n(c2=O)Cc2c-1nc1cc(F)c(OC)c3c1c2[C@@H](NC(=O)COCNC(=O)CNC(=O)[C@H](Cc1ccccc1)NC(=O)CNC(=O)CNC(=O)C(CCC(=O)NC[C@@H]1O[C@H](CO)[C@@H](O)[C@H](O)[C@H]1O)NC(=O)CCCCCN1C(=O)C=CC1=O)CC3. The fourth-order valence-electron chi connectivity index (χ4n) is 12.3. The Kier molecular flexibility index (Phi) is 23.6. The Morgan fingerprint density at radius 3 is 2.14 bits per heavy atom. The van der Waals surface area contributed by atoms with Crippen molar-refractivity contribution in [1.82, 2.24) is 57.0 Å². The zero-order valence-electron chi connectivity index (χ0n) is 52.9. The summed E-state index contributed by atoms with van der Waals surface area (Å²) in [6.45, 7) is -2.87. The molecule has 33 heteroatoms. The molecule has 97 heavy (non-hydrogen) atoms. The number of ether oxygens (including phenoxy) is 4. The summed E-state index contributed by atoms with van der Waals surface area (Å²) in [4.78, 5) is 163. The maximum Gasteiger partial charge on any atom is 0.343 e. The van der Waals surface area contributed by atoms with Crippen LogP contribution in [0.25, 0.3) is 22.3 Å². The first kappa shape index (κ1) is 71.6. The molecule has 5 aliphatic rings. The van der Waals surface area contributed by atoms with E-state index in [0.29, 0.717) is 40.5 Å². The van der Waals surface area contributed by atoms with E-state index in [4.69, 9.17) is 23.9 Å². The molecule has 4 aliphatic heterocycles. The number of methoxy groups -OCH3 is 1. The van der Waals surface area contributed by atoms with Crippen LogP contribution in [0.1, 0.15) is 97.7 Å². The van der Waals surface area contributed by atoms with Crippen LogP contribution in [0.5, 0.6) is 5.75 Å². The number of aliphatic hydroxyl groups excluding tert-OH is 4. The van der Waals surface area contributed by atoms with Gasteiger partial charge in [-0.2, -0.15) is 0 Å². The van der Waals surface area contributed by atoms with Crippen molar-refractivity contribution in [2.24, 2.45) is 0 Å². The summed E-state index contributed by atoms with van der Waals surface area (Å²) in [5.74, 6) is -8.64. The molecular weight excluding hydrogens is 1280 g/mol. The highest BCUT2D eigenvalue weighted by Crippen LogP contribution is 2.47. The molecule has 0 saturated carbocycles. The number of rotatable bonds is 31. The van der Waals surface area contributed by atoms with Crippen molar-refractivity contribution in [3.05, 3.63) is 104 Å². The first-order valence-corrected chi connectivity index (χ1v) is 31.5. The molecule has 1 saturated heterocycles. The highest BCUT2D eigenvalue weighted by Gasteiger charge is 2.47. The van der Waals surface area contributed by atoms with E-state index in [-0.39, 0.29) is 105 Å². The Hall–Kier alpha value is -9.64. The summed E-state index contributed by atoms with van der Waals surface area (Å²) in [6, 6.07) is 7.77. The molecule has 4 aromatic rings. The molecular formula is C64H76FN11O21. The molecule has 32 nitrogen and oxygen atoms in total. The summed E-state index contributed by atoms with van der Waals surface area (Å²) in [6.07, 6.45) is -4.54. The Labute approximate surface area is 552 Å². The fourth-order valence-corrected chi connectivity index (χ4v) is 12.3. The van der Waals surface area contributed by atoms with Crippen molar-refractivity contribution in [2.75, 3.05) is 59.8 Å². The molecule has 520 valence electrons. The molecule has 0 radical (unpaired) electrons. The number of pyridine rings is 2. The number of aliphatic hydroxyl groups is 5. The lowest BCUT2D eigenvalue weighted by Crippen LogP contribution is -2.60. The average molecular weight is 1350 g/mol. The molecule has 9 atom stereocenters. The minimum absolute atomic E-state index is 0.00436. The quantitative estimate of drug-likeness (QED) is 0.00876. The number of aromatic nitrogens is 2.